The molecular weight excluding hydrogens is 228 g/mol. The average molecular weight is 248 g/mol. The summed E-state index contributed by atoms with van der Waals surface area (Å²) in [7, 11) is 0. The van der Waals surface area contributed by atoms with Crippen LogP contribution in [0.3, 0.4) is 0 Å². The standard InChI is InChI=1S/C14H20N2O2/c1-3-18-14-8-13(9-14)16-12-6-4-5-11(7-12)15-10(2)17/h4-7,13-14,16H,3,8-9H2,1-2H3,(H,15,17). The smallest absolute Gasteiger partial charge is 0.221 e. The van der Waals surface area contributed by atoms with Gasteiger partial charge in [0.2, 0.25) is 5.91 Å². The fourth-order valence-corrected chi connectivity index (χ4v) is 2.18. The Bertz CT molecular complexity index is 414. The van der Waals surface area contributed by atoms with E-state index in [1.165, 1.54) is 6.92 Å². The minimum atomic E-state index is -0.0489. The van der Waals surface area contributed by atoms with Crippen molar-refractivity contribution in [1.82, 2.24) is 0 Å². The van der Waals surface area contributed by atoms with E-state index in [0.29, 0.717) is 12.1 Å². The van der Waals surface area contributed by atoms with E-state index in [4.69, 9.17) is 4.74 Å². The predicted molar refractivity (Wildman–Crippen MR) is 72.8 cm³/mol. The van der Waals surface area contributed by atoms with Gasteiger partial charge in [0, 0.05) is 30.9 Å². The van der Waals surface area contributed by atoms with Crippen LogP contribution >= 0.6 is 0 Å². The van der Waals surface area contributed by atoms with E-state index in [-0.39, 0.29) is 5.91 Å². The summed E-state index contributed by atoms with van der Waals surface area (Å²) in [6.45, 7) is 4.33. The van der Waals surface area contributed by atoms with Crippen molar-refractivity contribution in [3.05, 3.63) is 24.3 Å². The fourth-order valence-electron chi connectivity index (χ4n) is 2.18. The first-order valence-corrected chi connectivity index (χ1v) is 6.43. The molecule has 0 saturated heterocycles. The van der Waals surface area contributed by atoms with Crippen molar-refractivity contribution < 1.29 is 9.53 Å². The Kier molecular flexibility index (Phi) is 4.20. The Morgan fingerprint density at radius 1 is 1.39 bits per heavy atom. The molecule has 1 saturated carbocycles. The van der Waals surface area contributed by atoms with Crippen LogP contribution in [-0.2, 0) is 9.53 Å². The summed E-state index contributed by atoms with van der Waals surface area (Å²) in [6.07, 6.45) is 2.52. The number of ether oxygens (including phenoxy) is 1. The lowest BCUT2D eigenvalue weighted by atomic mass is 9.89. The van der Waals surface area contributed by atoms with E-state index in [1.54, 1.807) is 0 Å². The SMILES string of the molecule is CCOC1CC(Nc2cccc(NC(C)=O)c2)C1. The third-order valence-corrected chi connectivity index (χ3v) is 3.05. The van der Waals surface area contributed by atoms with E-state index in [1.807, 2.05) is 31.2 Å². The molecule has 1 aromatic rings. The van der Waals surface area contributed by atoms with Crippen molar-refractivity contribution >= 4 is 17.3 Å². The van der Waals surface area contributed by atoms with Gasteiger partial charge in [-0.3, -0.25) is 4.79 Å². The van der Waals surface area contributed by atoms with Crippen molar-refractivity contribution in [2.45, 2.75) is 38.8 Å². The van der Waals surface area contributed by atoms with Crippen molar-refractivity contribution in [2.24, 2.45) is 0 Å². The minimum absolute atomic E-state index is 0.0489. The first-order chi connectivity index (χ1) is 8.67. The van der Waals surface area contributed by atoms with Crippen molar-refractivity contribution in [2.75, 3.05) is 17.2 Å². The van der Waals surface area contributed by atoms with Crippen LogP contribution in [0.2, 0.25) is 0 Å². The van der Waals surface area contributed by atoms with E-state index in [0.717, 1.165) is 30.8 Å². The molecule has 1 fully saturated rings. The summed E-state index contributed by atoms with van der Waals surface area (Å²) in [5.74, 6) is -0.0489. The maximum absolute atomic E-state index is 11.0. The van der Waals surface area contributed by atoms with Gasteiger partial charge in [-0.15, -0.1) is 0 Å². The number of hydrogen-bond acceptors (Lipinski definition) is 3. The minimum Gasteiger partial charge on any atom is -0.382 e. The lowest BCUT2D eigenvalue weighted by molar-refractivity contribution is -0.114. The second-order valence-electron chi connectivity index (χ2n) is 4.65. The van der Waals surface area contributed by atoms with Gasteiger partial charge in [-0.05, 0) is 38.0 Å². The van der Waals surface area contributed by atoms with Crippen LogP contribution in [0.4, 0.5) is 11.4 Å². The van der Waals surface area contributed by atoms with Gasteiger partial charge in [0.25, 0.3) is 0 Å². The molecule has 0 aliphatic heterocycles. The highest BCUT2D eigenvalue weighted by molar-refractivity contribution is 5.89. The van der Waals surface area contributed by atoms with Gasteiger partial charge in [0.1, 0.15) is 0 Å². The molecule has 4 nitrogen and oxygen atoms in total. The number of benzene rings is 1. The molecule has 1 aliphatic carbocycles. The maximum Gasteiger partial charge on any atom is 0.221 e. The molecular formula is C14H20N2O2. The topological polar surface area (TPSA) is 50.4 Å². The van der Waals surface area contributed by atoms with Crippen LogP contribution < -0.4 is 10.6 Å². The highest BCUT2D eigenvalue weighted by atomic mass is 16.5. The number of nitrogens with one attached hydrogen (secondary N) is 2. The van der Waals surface area contributed by atoms with Gasteiger partial charge in [-0.2, -0.15) is 0 Å². The molecule has 0 radical (unpaired) electrons. The van der Waals surface area contributed by atoms with Crippen LogP contribution in [-0.4, -0.2) is 24.7 Å². The normalized spacial score (nSPS) is 22.1. The summed E-state index contributed by atoms with van der Waals surface area (Å²) < 4.78 is 5.53. The summed E-state index contributed by atoms with van der Waals surface area (Å²) in [5, 5.41) is 6.23. The third kappa shape index (κ3) is 3.47. The van der Waals surface area contributed by atoms with Crippen molar-refractivity contribution in [3.8, 4) is 0 Å². The number of anilines is 2. The van der Waals surface area contributed by atoms with Crippen molar-refractivity contribution in [3.63, 3.8) is 0 Å². The van der Waals surface area contributed by atoms with E-state index in [2.05, 4.69) is 10.6 Å². The Balaban J connectivity index is 1.85. The first kappa shape index (κ1) is 12.9. The van der Waals surface area contributed by atoms with Crippen LogP contribution in [0.1, 0.15) is 26.7 Å². The largest absolute Gasteiger partial charge is 0.382 e. The Morgan fingerprint density at radius 3 is 2.78 bits per heavy atom. The van der Waals surface area contributed by atoms with Crippen LogP contribution in [0, 0.1) is 0 Å². The molecule has 1 amide bonds. The molecule has 1 aliphatic rings. The lowest BCUT2D eigenvalue weighted by Gasteiger charge is -2.36. The van der Waals surface area contributed by atoms with Gasteiger partial charge in [0.05, 0.1) is 6.10 Å². The van der Waals surface area contributed by atoms with E-state index in [9.17, 15) is 4.79 Å². The molecule has 0 bridgehead atoms. The highest BCUT2D eigenvalue weighted by Gasteiger charge is 2.29. The predicted octanol–water partition coefficient (Wildman–Crippen LogP) is 2.62. The zero-order valence-electron chi connectivity index (χ0n) is 10.9. The monoisotopic (exact) mass is 248 g/mol. The number of carbonyl (C=O) groups excluding carboxylic acids is 1. The maximum atomic E-state index is 11.0. The highest BCUT2D eigenvalue weighted by Crippen LogP contribution is 2.27. The van der Waals surface area contributed by atoms with Gasteiger partial charge in [-0.1, -0.05) is 6.07 Å². The van der Waals surface area contributed by atoms with E-state index >= 15 is 0 Å². The molecule has 0 unspecified atom stereocenters. The zero-order chi connectivity index (χ0) is 13.0. The summed E-state index contributed by atoms with van der Waals surface area (Å²) in [5.41, 5.74) is 1.87. The molecule has 2 N–H and O–H groups in total. The summed E-state index contributed by atoms with van der Waals surface area (Å²) >= 11 is 0. The van der Waals surface area contributed by atoms with Gasteiger partial charge in [-0.25, -0.2) is 0 Å². The molecule has 0 atom stereocenters. The number of amides is 1. The molecule has 2 rings (SSSR count). The van der Waals surface area contributed by atoms with Crippen molar-refractivity contribution in [1.29, 1.82) is 0 Å². The quantitative estimate of drug-likeness (QED) is 0.842. The molecule has 0 spiro atoms. The Morgan fingerprint density at radius 2 is 2.11 bits per heavy atom. The van der Waals surface area contributed by atoms with Crippen LogP contribution in [0.15, 0.2) is 24.3 Å². The Hall–Kier alpha value is -1.55. The third-order valence-electron chi connectivity index (χ3n) is 3.05. The molecule has 98 valence electrons. The first-order valence-electron chi connectivity index (χ1n) is 6.43. The fraction of sp³-hybridized carbons (Fsp3) is 0.500. The Labute approximate surface area is 108 Å². The van der Waals surface area contributed by atoms with Gasteiger partial charge >= 0.3 is 0 Å². The van der Waals surface area contributed by atoms with Gasteiger partial charge in [0.15, 0.2) is 0 Å². The van der Waals surface area contributed by atoms with Crippen LogP contribution in [0.5, 0.6) is 0 Å². The summed E-state index contributed by atoms with van der Waals surface area (Å²) in [4.78, 5) is 11.0. The molecule has 0 aromatic heterocycles. The number of carbonyl (C=O) groups is 1. The average Bonchev–Trinajstić information content (AvgIpc) is 2.26. The van der Waals surface area contributed by atoms with Gasteiger partial charge < -0.3 is 15.4 Å². The molecule has 1 aromatic carbocycles. The lowest BCUT2D eigenvalue weighted by Crippen LogP contribution is -2.40. The van der Waals surface area contributed by atoms with E-state index < -0.39 is 0 Å². The number of rotatable bonds is 5. The molecule has 0 heterocycles. The zero-order valence-corrected chi connectivity index (χ0v) is 10.9. The number of hydrogen-bond donors (Lipinski definition) is 2. The summed E-state index contributed by atoms with van der Waals surface area (Å²) in [6, 6.07) is 8.27. The second-order valence-corrected chi connectivity index (χ2v) is 4.65. The molecule has 4 heteroatoms. The molecule has 18 heavy (non-hydrogen) atoms. The second kappa shape index (κ2) is 5.87. The van der Waals surface area contributed by atoms with Crippen LogP contribution in [0.25, 0.3) is 0 Å².